The van der Waals surface area contributed by atoms with Crippen molar-refractivity contribution in [2.75, 3.05) is 11.9 Å². The Bertz CT molecular complexity index is 702. The number of anilines is 1. The van der Waals surface area contributed by atoms with Crippen LogP contribution in [0.4, 0.5) is 5.69 Å². The summed E-state index contributed by atoms with van der Waals surface area (Å²) in [4.78, 5) is 8.80. The molecule has 1 N–H and O–H groups in total. The van der Waals surface area contributed by atoms with E-state index in [2.05, 4.69) is 39.6 Å². The van der Waals surface area contributed by atoms with Crippen molar-refractivity contribution in [3.05, 3.63) is 53.3 Å². The minimum atomic E-state index is 0.532. The zero-order valence-electron chi connectivity index (χ0n) is 10.3. The van der Waals surface area contributed by atoms with E-state index in [1.165, 1.54) is 21.0 Å². The predicted octanol–water partition coefficient (Wildman–Crippen LogP) is 3.44. The van der Waals surface area contributed by atoms with Crippen LogP contribution in [0.3, 0.4) is 0 Å². The van der Waals surface area contributed by atoms with Gasteiger partial charge in [0.2, 0.25) is 0 Å². The summed E-state index contributed by atoms with van der Waals surface area (Å²) in [5.41, 5.74) is 3.71. The summed E-state index contributed by atoms with van der Waals surface area (Å²) < 4.78 is 1.23. The molecule has 3 nitrogen and oxygen atoms in total. The quantitative estimate of drug-likeness (QED) is 0.773. The van der Waals surface area contributed by atoms with Crippen molar-refractivity contribution in [2.24, 2.45) is 0 Å². The molecule has 0 bridgehead atoms. The number of nitrogens with one attached hydrogen (secondary N) is 1. The summed E-state index contributed by atoms with van der Waals surface area (Å²) in [6.45, 7) is 1.01. The van der Waals surface area contributed by atoms with Crippen LogP contribution in [0.15, 0.2) is 42.7 Å². The third-order valence-electron chi connectivity index (χ3n) is 3.59. The number of fused-ring (bicyclic) bond motifs is 2. The van der Waals surface area contributed by atoms with Gasteiger partial charge in [-0.1, -0.05) is 18.2 Å². The lowest BCUT2D eigenvalue weighted by atomic mass is 9.98. The Morgan fingerprint density at radius 1 is 1.26 bits per heavy atom. The summed E-state index contributed by atoms with van der Waals surface area (Å²) in [5, 5.41) is 4.67. The number of benzene rings is 1. The van der Waals surface area contributed by atoms with E-state index in [4.69, 9.17) is 0 Å². The van der Waals surface area contributed by atoms with Gasteiger partial charge in [0, 0.05) is 30.8 Å². The van der Waals surface area contributed by atoms with E-state index in [1.807, 2.05) is 18.5 Å². The molecule has 1 unspecified atom stereocenters. The number of para-hydroxylation sites is 1. The maximum atomic E-state index is 4.68. The van der Waals surface area contributed by atoms with Gasteiger partial charge >= 0.3 is 0 Å². The number of aromatic nitrogens is 2. The molecule has 2 aromatic heterocycles. The molecule has 3 aromatic rings. The Morgan fingerprint density at radius 3 is 3.16 bits per heavy atom. The molecule has 0 radical (unpaired) electrons. The summed E-state index contributed by atoms with van der Waals surface area (Å²) in [5.74, 6) is 0.532. The van der Waals surface area contributed by atoms with Crippen molar-refractivity contribution in [1.82, 2.24) is 9.97 Å². The second-order valence-electron chi connectivity index (χ2n) is 4.82. The average Bonchev–Trinajstić information content (AvgIpc) is 3.03. The number of thiazole rings is 1. The maximum Gasteiger partial charge on any atom is 0.0998 e. The minimum Gasteiger partial charge on any atom is -0.384 e. The van der Waals surface area contributed by atoms with E-state index >= 15 is 0 Å². The van der Waals surface area contributed by atoms with Gasteiger partial charge < -0.3 is 5.32 Å². The molecule has 1 atom stereocenters. The molecule has 0 aliphatic carbocycles. The van der Waals surface area contributed by atoms with Crippen molar-refractivity contribution in [2.45, 2.75) is 12.3 Å². The van der Waals surface area contributed by atoms with Crippen molar-refractivity contribution in [3.63, 3.8) is 0 Å². The molecule has 0 saturated heterocycles. The number of pyridine rings is 1. The fourth-order valence-electron chi connectivity index (χ4n) is 2.67. The Balaban J connectivity index is 1.65. The molecule has 4 heteroatoms. The van der Waals surface area contributed by atoms with Crippen LogP contribution in [0.25, 0.3) is 10.2 Å². The summed E-state index contributed by atoms with van der Waals surface area (Å²) >= 11 is 1.78. The van der Waals surface area contributed by atoms with E-state index in [-0.39, 0.29) is 0 Å². The predicted molar refractivity (Wildman–Crippen MR) is 78.8 cm³/mol. The fraction of sp³-hybridized carbons (Fsp3) is 0.200. The highest BCUT2D eigenvalue weighted by atomic mass is 32.1. The number of hydrogen-bond acceptors (Lipinski definition) is 4. The molecule has 4 rings (SSSR count). The molecular formula is C15H13N3S. The first-order valence-electron chi connectivity index (χ1n) is 6.42. The third kappa shape index (κ3) is 1.88. The number of hydrogen-bond donors (Lipinski definition) is 1. The number of nitrogens with zero attached hydrogens (tertiary/aromatic N) is 2. The zero-order valence-corrected chi connectivity index (χ0v) is 11.2. The smallest absolute Gasteiger partial charge is 0.0998 e. The SMILES string of the molecule is c1ccc2c(c1)NCC2Cc1nc2cnccc2s1. The summed E-state index contributed by atoms with van der Waals surface area (Å²) in [6.07, 6.45) is 4.68. The largest absolute Gasteiger partial charge is 0.384 e. The number of rotatable bonds is 2. The molecule has 0 saturated carbocycles. The molecule has 0 spiro atoms. The van der Waals surface area contributed by atoms with Gasteiger partial charge in [0.05, 0.1) is 21.4 Å². The van der Waals surface area contributed by atoms with Gasteiger partial charge in [-0.15, -0.1) is 11.3 Å². The minimum absolute atomic E-state index is 0.532. The molecule has 19 heavy (non-hydrogen) atoms. The van der Waals surface area contributed by atoms with Crippen molar-refractivity contribution in [1.29, 1.82) is 0 Å². The van der Waals surface area contributed by atoms with Gasteiger partial charge in [0.25, 0.3) is 0 Å². The van der Waals surface area contributed by atoms with Gasteiger partial charge in [0.15, 0.2) is 0 Å². The molecule has 0 amide bonds. The summed E-state index contributed by atoms with van der Waals surface area (Å²) in [7, 11) is 0. The molecule has 1 aliphatic rings. The Hall–Kier alpha value is -1.94. The van der Waals surface area contributed by atoms with Crippen LogP contribution < -0.4 is 5.32 Å². The van der Waals surface area contributed by atoms with E-state index in [1.54, 1.807) is 11.3 Å². The second kappa shape index (κ2) is 4.31. The normalized spacial score (nSPS) is 17.4. The Kier molecular flexibility index (Phi) is 2.48. The van der Waals surface area contributed by atoms with Gasteiger partial charge in [0.1, 0.15) is 0 Å². The van der Waals surface area contributed by atoms with E-state index in [0.29, 0.717) is 5.92 Å². The van der Waals surface area contributed by atoms with Crippen LogP contribution in [0.5, 0.6) is 0 Å². The van der Waals surface area contributed by atoms with E-state index in [9.17, 15) is 0 Å². The van der Waals surface area contributed by atoms with Crippen LogP contribution in [-0.2, 0) is 6.42 Å². The Morgan fingerprint density at radius 2 is 2.21 bits per heavy atom. The lowest BCUT2D eigenvalue weighted by molar-refractivity contribution is 0.749. The first-order chi connectivity index (χ1) is 9.40. The topological polar surface area (TPSA) is 37.8 Å². The molecule has 1 aromatic carbocycles. The lowest BCUT2D eigenvalue weighted by Gasteiger charge is -2.07. The van der Waals surface area contributed by atoms with Crippen molar-refractivity contribution >= 4 is 27.2 Å². The van der Waals surface area contributed by atoms with E-state index in [0.717, 1.165) is 18.5 Å². The van der Waals surface area contributed by atoms with Crippen LogP contribution in [0.1, 0.15) is 16.5 Å². The Labute approximate surface area is 115 Å². The van der Waals surface area contributed by atoms with Crippen LogP contribution in [-0.4, -0.2) is 16.5 Å². The molecule has 3 heterocycles. The zero-order chi connectivity index (χ0) is 12.7. The van der Waals surface area contributed by atoms with Gasteiger partial charge in [-0.05, 0) is 17.7 Å². The fourth-order valence-corrected chi connectivity index (χ4v) is 3.68. The van der Waals surface area contributed by atoms with Crippen LogP contribution >= 0.6 is 11.3 Å². The third-order valence-corrected chi connectivity index (χ3v) is 4.65. The van der Waals surface area contributed by atoms with Crippen LogP contribution in [0.2, 0.25) is 0 Å². The standard InChI is InChI=1S/C15H13N3S/c1-2-4-12-11(3-1)10(8-17-12)7-15-18-13-9-16-6-5-14(13)19-15/h1-6,9-10,17H,7-8H2. The molecular weight excluding hydrogens is 254 g/mol. The first kappa shape index (κ1) is 10.9. The van der Waals surface area contributed by atoms with Gasteiger partial charge in [-0.2, -0.15) is 0 Å². The first-order valence-corrected chi connectivity index (χ1v) is 7.24. The van der Waals surface area contributed by atoms with Crippen molar-refractivity contribution < 1.29 is 0 Å². The summed E-state index contributed by atoms with van der Waals surface area (Å²) in [6, 6.07) is 10.6. The highest BCUT2D eigenvalue weighted by Crippen LogP contribution is 2.34. The second-order valence-corrected chi connectivity index (χ2v) is 5.94. The molecule has 1 aliphatic heterocycles. The van der Waals surface area contributed by atoms with Gasteiger partial charge in [-0.3, -0.25) is 4.98 Å². The maximum absolute atomic E-state index is 4.68. The molecule has 94 valence electrons. The van der Waals surface area contributed by atoms with E-state index < -0.39 is 0 Å². The highest BCUT2D eigenvalue weighted by Gasteiger charge is 2.22. The van der Waals surface area contributed by atoms with Gasteiger partial charge in [-0.25, -0.2) is 4.98 Å². The highest BCUT2D eigenvalue weighted by molar-refractivity contribution is 7.18. The van der Waals surface area contributed by atoms with Crippen LogP contribution in [0, 0.1) is 0 Å². The average molecular weight is 267 g/mol. The molecule has 0 fully saturated rings. The van der Waals surface area contributed by atoms with Crippen molar-refractivity contribution in [3.8, 4) is 0 Å². The monoisotopic (exact) mass is 267 g/mol. The lowest BCUT2D eigenvalue weighted by Crippen LogP contribution is -2.05.